The Morgan fingerprint density at radius 1 is 0.314 bits per heavy atom. The summed E-state index contributed by atoms with van der Waals surface area (Å²) in [6.07, 6.45) is 28.5. The average molecular weight is 1290 g/mol. The molecule has 0 radical (unpaired) electrons. The molecule has 1 atom stereocenters. The van der Waals surface area contributed by atoms with Gasteiger partial charge in [-0.05, 0) is 217 Å². The molecule has 0 bridgehead atoms. The molecule has 86 heavy (non-hydrogen) atoms. The lowest BCUT2D eigenvalue weighted by molar-refractivity contribution is 0.439. The van der Waals surface area contributed by atoms with Crippen molar-refractivity contribution in [1.29, 1.82) is 0 Å². The summed E-state index contributed by atoms with van der Waals surface area (Å²) in [7, 11) is 0. The molecule has 0 saturated heterocycles. The summed E-state index contributed by atoms with van der Waals surface area (Å²) in [6, 6.07) is 48.4. The van der Waals surface area contributed by atoms with Crippen molar-refractivity contribution >= 4 is 90.7 Å². The van der Waals surface area contributed by atoms with Crippen molar-refractivity contribution in [3.05, 3.63) is 154 Å². The third-order valence-electron chi connectivity index (χ3n) is 18.2. The van der Waals surface area contributed by atoms with Gasteiger partial charge in [-0.25, -0.2) is 0 Å². The van der Waals surface area contributed by atoms with Crippen LogP contribution in [0.2, 0.25) is 0 Å². The Labute approximate surface area is 550 Å². The number of aryl methyl sites for hydroxylation is 4. The predicted molar refractivity (Wildman–Crippen MR) is 396 cm³/mol. The number of unbranched alkanes of at least 4 members (excludes halogenated alkanes) is 12. The predicted octanol–water partition coefficient (Wildman–Crippen LogP) is 29.3. The van der Waals surface area contributed by atoms with Gasteiger partial charge in [-0.2, -0.15) is 0 Å². The van der Waals surface area contributed by atoms with E-state index in [0.717, 1.165) is 32.1 Å². The highest BCUT2D eigenvalue weighted by Gasteiger charge is 2.27. The van der Waals surface area contributed by atoms with E-state index < -0.39 is 0 Å². The van der Waals surface area contributed by atoms with Crippen molar-refractivity contribution in [3.63, 3.8) is 0 Å². The van der Waals surface area contributed by atoms with Gasteiger partial charge >= 0.3 is 0 Å². The molecule has 454 valence electrons. The van der Waals surface area contributed by atoms with Crippen molar-refractivity contribution < 1.29 is 0 Å². The number of hydrogen-bond acceptors (Lipinski definition) is 8. The van der Waals surface area contributed by atoms with Crippen LogP contribution in [0, 0.1) is 0 Å². The van der Waals surface area contributed by atoms with E-state index in [9.17, 15) is 0 Å². The number of hydrogen-bond donors (Lipinski definition) is 0. The zero-order chi connectivity index (χ0) is 60.0. The summed E-state index contributed by atoms with van der Waals surface area (Å²) in [4.78, 5) is 22.9. The quantitative estimate of drug-likeness (QED) is 0.0353. The van der Waals surface area contributed by atoms with Crippen molar-refractivity contribution in [1.82, 2.24) is 0 Å². The maximum Gasteiger partial charge on any atom is 0.0481 e. The van der Waals surface area contributed by atoms with Gasteiger partial charge in [0.05, 0.1) is 0 Å². The first-order chi connectivity index (χ1) is 42.1. The van der Waals surface area contributed by atoms with Crippen LogP contribution in [-0.2, 0) is 31.1 Å². The summed E-state index contributed by atoms with van der Waals surface area (Å²) < 4.78 is 0. The Balaban J connectivity index is 0.980. The van der Waals surface area contributed by atoms with Crippen molar-refractivity contribution in [2.75, 3.05) is 0 Å². The zero-order valence-electron chi connectivity index (χ0n) is 53.2. The van der Waals surface area contributed by atoms with Crippen LogP contribution in [0.4, 0.5) is 0 Å². The van der Waals surface area contributed by atoms with Crippen molar-refractivity contribution in [2.45, 2.75) is 221 Å². The molecular formula is C78H94S8. The van der Waals surface area contributed by atoms with Crippen LogP contribution in [0.25, 0.3) is 89.8 Å². The molecule has 1 unspecified atom stereocenters. The topological polar surface area (TPSA) is 0 Å². The number of thiophene rings is 8. The van der Waals surface area contributed by atoms with Crippen molar-refractivity contribution in [2.24, 2.45) is 0 Å². The molecule has 0 aliphatic heterocycles. The van der Waals surface area contributed by atoms with Gasteiger partial charge in [-0.3, -0.25) is 0 Å². The molecule has 0 aliphatic carbocycles. The smallest absolute Gasteiger partial charge is 0.0481 e. The molecule has 8 aromatic heterocycles. The summed E-state index contributed by atoms with van der Waals surface area (Å²) in [5.74, 6) is 0.608. The van der Waals surface area contributed by atoms with Crippen LogP contribution in [0.15, 0.2) is 121 Å². The molecule has 0 amide bonds. The number of benzene rings is 2. The minimum absolute atomic E-state index is 0.0815. The molecule has 10 rings (SSSR count). The van der Waals surface area contributed by atoms with E-state index in [2.05, 4.69) is 195 Å². The summed E-state index contributed by atoms with van der Waals surface area (Å²) in [5, 5.41) is 0. The van der Waals surface area contributed by atoms with E-state index in [4.69, 9.17) is 0 Å². The second-order valence-corrected chi connectivity index (χ2v) is 33.1. The first-order valence-corrected chi connectivity index (χ1v) is 39.7. The summed E-state index contributed by atoms with van der Waals surface area (Å²) in [5.41, 5.74) is 11.8. The molecule has 0 spiro atoms. The minimum Gasteiger partial charge on any atom is -0.139 e. The third-order valence-corrected chi connectivity index (χ3v) is 28.7. The van der Waals surface area contributed by atoms with E-state index in [1.807, 2.05) is 79.4 Å². The largest absolute Gasteiger partial charge is 0.139 e. The highest BCUT2D eigenvalue weighted by Crippen LogP contribution is 2.52. The molecule has 0 saturated carbocycles. The molecule has 0 fully saturated rings. The standard InChI is InChI=1S/C78H94S8/c1-10-17-21-26-34-55-49-70(53(8)14-5)83-74(55)66-42-38-62(79-66)63-40-44-68(81-63)76-57(36-28-23-19-12-3)51-72(85-76)59-46-60(48-61(47-59)78(9,15-6)16-7)73-52-58(37-29-24-20-13-4)77(86-73)69-45-41-65(82-69)64-39-43-67(80-64)75-56(35-27-22-18-11-2)50-71(84-75)54-32-30-25-31-33-54/h25,30-33,38-53H,10-24,26-29,34-37H2,1-9H3. The third kappa shape index (κ3) is 15.8. The molecule has 0 aliphatic rings. The summed E-state index contributed by atoms with van der Waals surface area (Å²) >= 11 is 16.1. The van der Waals surface area contributed by atoms with E-state index in [1.165, 1.54) is 228 Å². The molecule has 10 aromatic rings. The van der Waals surface area contributed by atoms with E-state index in [-0.39, 0.29) is 5.41 Å². The second kappa shape index (κ2) is 31.7. The lowest BCUT2D eigenvalue weighted by Gasteiger charge is -2.28. The van der Waals surface area contributed by atoms with Crippen LogP contribution in [-0.4, -0.2) is 0 Å². The fourth-order valence-electron chi connectivity index (χ4n) is 12.0. The lowest BCUT2D eigenvalue weighted by Crippen LogP contribution is -2.19. The van der Waals surface area contributed by atoms with Gasteiger partial charge < -0.3 is 0 Å². The van der Waals surface area contributed by atoms with Crippen LogP contribution < -0.4 is 0 Å². The fourth-order valence-corrected chi connectivity index (χ4v) is 21.8. The Morgan fingerprint density at radius 3 is 1.00 bits per heavy atom. The Hall–Kier alpha value is -3.96. The molecular weight excluding hydrogens is 1190 g/mol. The fraction of sp³-hybridized carbons (Fsp3) is 0.436. The van der Waals surface area contributed by atoms with Crippen LogP contribution in [0.1, 0.15) is 223 Å². The SMILES string of the molecule is CCCCCCc1cc(-c2ccccc2)sc1-c1ccc(-c2ccc(-c3sc(-c4cc(-c5cc(CCCCCC)c(-c6ccc(-c7ccc(-c8sc(C(C)CC)cc8CCCCCC)s7)s6)s5)cc(C(C)(CC)CC)c4)cc3CCCCCC)s2)s1. The molecule has 8 heteroatoms. The highest BCUT2D eigenvalue weighted by molar-refractivity contribution is 7.30. The Bertz CT molecular complexity index is 3670. The van der Waals surface area contributed by atoms with E-state index >= 15 is 0 Å². The van der Waals surface area contributed by atoms with Crippen molar-refractivity contribution in [3.8, 4) is 89.8 Å². The zero-order valence-corrected chi connectivity index (χ0v) is 59.7. The van der Waals surface area contributed by atoms with Crippen LogP contribution in [0.5, 0.6) is 0 Å². The van der Waals surface area contributed by atoms with Gasteiger partial charge in [-0.15, -0.1) is 90.7 Å². The maximum absolute atomic E-state index is 2.61. The van der Waals surface area contributed by atoms with Gasteiger partial charge in [0.1, 0.15) is 0 Å². The normalized spacial score (nSPS) is 12.3. The Morgan fingerprint density at radius 2 is 0.651 bits per heavy atom. The molecule has 0 N–H and O–H groups in total. The maximum atomic E-state index is 2.61. The highest BCUT2D eigenvalue weighted by atomic mass is 32.1. The van der Waals surface area contributed by atoms with Crippen LogP contribution in [0.3, 0.4) is 0 Å². The second-order valence-electron chi connectivity index (χ2n) is 24.5. The molecule has 2 aromatic carbocycles. The van der Waals surface area contributed by atoms with Gasteiger partial charge in [0.25, 0.3) is 0 Å². The first kappa shape index (κ1) is 65.0. The van der Waals surface area contributed by atoms with Gasteiger partial charge in [0.15, 0.2) is 0 Å². The lowest BCUT2D eigenvalue weighted by atomic mass is 9.76. The van der Waals surface area contributed by atoms with E-state index in [0.29, 0.717) is 5.92 Å². The molecule has 8 heterocycles. The average Bonchev–Trinajstić information content (AvgIpc) is 2.28. The molecule has 0 nitrogen and oxygen atoms in total. The number of rotatable bonds is 34. The summed E-state index contributed by atoms with van der Waals surface area (Å²) in [6.45, 7) is 21.3. The minimum atomic E-state index is 0.0815. The monoisotopic (exact) mass is 1290 g/mol. The van der Waals surface area contributed by atoms with Gasteiger partial charge in [0, 0.05) is 78.0 Å². The first-order valence-electron chi connectivity index (χ1n) is 33.2. The van der Waals surface area contributed by atoms with Crippen LogP contribution >= 0.6 is 90.7 Å². The Kier molecular flexibility index (Phi) is 23.9. The van der Waals surface area contributed by atoms with Gasteiger partial charge in [-0.1, -0.05) is 170 Å². The van der Waals surface area contributed by atoms with E-state index in [1.54, 1.807) is 10.4 Å². The van der Waals surface area contributed by atoms with Gasteiger partial charge in [0.2, 0.25) is 0 Å².